The van der Waals surface area contributed by atoms with Gasteiger partial charge in [0.25, 0.3) is 0 Å². The molecular formula is C12H8BrClOS. The zero-order valence-corrected chi connectivity index (χ0v) is 11.6. The Morgan fingerprint density at radius 1 is 1.38 bits per heavy atom. The topological polar surface area (TPSA) is 17.1 Å². The van der Waals surface area contributed by atoms with Gasteiger partial charge in [0.15, 0.2) is 0 Å². The molecule has 0 radical (unpaired) electrons. The molecule has 1 aromatic carbocycles. The molecule has 0 aliphatic heterocycles. The van der Waals surface area contributed by atoms with Gasteiger partial charge in [0.1, 0.15) is 0 Å². The number of benzene rings is 1. The number of hydrogen-bond acceptors (Lipinski definition) is 2. The lowest BCUT2D eigenvalue weighted by molar-refractivity contribution is 0.104. The first-order chi connectivity index (χ1) is 7.59. The van der Waals surface area contributed by atoms with Gasteiger partial charge in [-0.25, -0.2) is 0 Å². The summed E-state index contributed by atoms with van der Waals surface area (Å²) in [5.41, 5.74) is 1.61. The minimum Gasteiger partial charge on any atom is -0.288 e. The zero-order valence-electron chi connectivity index (χ0n) is 8.46. The molecule has 0 amide bonds. The molecule has 0 saturated carbocycles. The Morgan fingerprint density at radius 3 is 2.62 bits per heavy atom. The Kier molecular flexibility index (Phi) is 3.47. The lowest BCUT2D eigenvalue weighted by Gasteiger charge is -2.00. The Morgan fingerprint density at radius 2 is 2.06 bits per heavy atom. The molecule has 0 spiro atoms. The number of carbonyl (C=O) groups is 1. The van der Waals surface area contributed by atoms with Crippen LogP contribution in [0.4, 0.5) is 0 Å². The standard InChI is InChI=1S/C12H8BrClOS/c1-7-6-10(16-12(7)14)11(15)8-4-2-3-5-9(8)13/h2-6H,1H3. The molecule has 0 N–H and O–H groups in total. The highest BCUT2D eigenvalue weighted by molar-refractivity contribution is 9.10. The van der Waals surface area contributed by atoms with Crippen molar-refractivity contribution in [1.82, 2.24) is 0 Å². The maximum absolute atomic E-state index is 12.2. The van der Waals surface area contributed by atoms with Gasteiger partial charge in [-0.15, -0.1) is 11.3 Å². The SMILES string of the molecule is Cc1cc(C(=O)c2ccccc2Br)sc1Cl. The fourth-order valence-corrected chi connectivity index (χ4v) is 2.97. The van der Waals surface area contributed by atoms with Crippen LogP contribution in [0.2, 0.25) is 4.34 Å². The summed E-state index contributed by atoms with van der Waals surface area (Å²) in [6.07, 6.45) is 0. The van der Waals surface area contributed by atoms with Crippen LogP contribution in [0, 0.1) is 6.92 Å². The second-order valence-electron chi connectivity index (χ2n) is 3.38. The normalized spacial score (nSPS) is 10.4. The van der Waals surface area contributed by atoms with Gasteiger partial charge in [-0.3, -0.25) is 4.79 Å². The van der Waals surface area contributed by atoms with Gasteiger partial charge in [0.2, 0.25) is 5.78 Å². The van der Waals surface area contributed by atoms with E-state index in [0.29, 0.717) is 14.8 Å². The summed E-state index contributed by atoms with van der Waals surface area (Å²) in [6.45, 7) is 1.90. The molecule has 0 aliphatic carbocycles. The smallest absolute Gasteiger partial charge is 0.204 e. The van der Waals surface area contributed by atoms with E-state index in [4.69, 9.17) is 11.6 Å². The van der Waals surface area contributed by atoms with E-state index in [2.05, 4.69) is 15.9 Å². The maximum atomic E-state index is 12.2. The molecule has 0 saturated heterocycles. The summed E-state index contributed by atoms with van der Waals surface area (Å²) in [5, 5.41) is 0. The van der Waals surface area contributed by atoms with Gasteiger partial charge < -0.3 is 0 Å². The highest BCUT2D eigenvalue weighted by Crippen LogP contribution is 2.30. The summed E-state index contributed by atoms with van der Waals surface area (Å²) >= 11 is 10.6. The highest BCUT2D eigenvalue weighted by atomic mass is 79.9. The molecule has 1 aromatic heterocycles. The van der Waals surface area contributed by atoms with Gasteiger partial charge in [0, 0.05) is 10.0 Å². The Labute approximate surface area is 111 Å². The third-order valence-corrected chi connectivity index (χ3v) is 4.44. The van der Waals surface area contributed by atoms with E-state index in [1.165, 1.54) is 11.3 Å². The first kappa shape index (κ1) is 11.8. The molecule has 4 heteroatoms. The van der Waals surface area contributed by atoms with E-state index >= 15 is 0 Å². The number of halogens is 2. The van der Waals surface area contributed by atoms with Crippen molar-refractivity contribution in [2.75, 3.05) is 0 Å². The number of ketones is 1. The maximum Gasteiger partial charge on any atom is 0.204 e. The summed E-state index contributed by atoms with van der Waals surface area (Å²) in [5.74, 6) is 0.00692. The van der Waals surface area contributed by atoms with Crippen LogP contribution < -0.4 is 0 Å². The Hall–Kier alpha value is -0.640. The molecule has 0 fully saturated rings. The van der Waals surface area contributed by atoms with Crippen LogP contribution >= 0.6 is 38.9 Å². The largest absolute Gasteiger partial charge is 0.288 e. The fourth-order valence-electron chi connectivity index (χ4n) is 1.35. The predicted molar refractivity (Wildman–Crippen MR) is 71.6 cm³/mol. The van der Waals surface area contributed by atoms with Gasteiger partial charge >= 0.3 is 0 Å². The van der Waals surface area contributed by atoms with Crippen LogP contribution in [-0.2, 0) is 0 Å². The van der Waals surface area contributed by atoms with E-state index in [-0.39, 0.29) is 5.78 Å². The van der Waals surface area contributed by atoms with Crippen molar-refractivity contribution in [3.8, 4) is 0 Å². The third kappa shape index (κ3) is 2.21. The Bertz CT molecular complexity index is 528. The molecule has 0 bridgehead atoms. The predicted octanol–water partition coefficient (Wildman–Crippen LogP) is 4.70. The van der Waals surface area contributed by atoms with Crippen molar-refractivity contribution in [3.63, 3.8) is 0 Å². The van der Waals surface area contributed by atoms with E-state index < -0.39 is 0 Å². The van der Waals surface area contributed by atoms with Crippen molar-refractivity contribution in [2.24, 2.45) is 0 Å². The molecule has 0 aliphatic rings. The quantitative estimate of drug-likeness (QED) is 0.734. The van der Waals surface area contributed by atoms with Gasteiger partial charge in [-0.2, -0.15) is 0 Å². The van der Waals surface area contributed by atoms with Crippen LogP contribution in [-0.4, -0.2) is 5.78 Å². The highest BCUT2D eigenvalue weighted by Gasteiger charge is 2.15. The van der Waals surface area contributed by atoms with Crippen LogP contribution in [0.3, 0.4) is 0 Å². The monoisotopic (exact) mass is 314 g/mol. The number of rotatable bonds is 2. The lowest BCUT2D eigenvalue weighted by atomic mass is 10.1. The van der Waals surface area contributed by atoms with Crippen LogP contribution in [0.1, 0.15) is 20.8 Å². The minimum atomic E-state index is 0.00692. The molecule has 0 atom stereocenters. The molecule has 1 heterocycles. The van der Waals surface area contributed by atoms with Crippen LogP contribution in [0.5, 0.6) is 0 Å². The first-order valence-corrected chi connectivity index (χ1v) is 6.63. The molecule has 2 rings (SSSR count). The molecule has 2 aromatic rings. The van der Waals surface area contributed by atoms with Crippen LogP contribution in [0.25, 0.3) is 0 Å². The van der Waals surface area contributed by atoms with Crippen molar-refractivity contribution in [1.29, 1.82) is 0 Å². The average Bonchev–Trinajstić information content (AvgIpc) is 2.59. The van der Waals surface area contributed by atoms with Gasteiger partial charge in [-0.1, -0.05) is 39.7 Å². The van der Waals surface area contributed by atoms with E-state index in [0.717, 1.165) is 10.0 Å². The lowest BCUT2D eigenvalue weighted by Crippen LogP contribution is -1.99. The number of aryl methyl sites for hydroxylation is 1. The molecular weight excluding hydrogens is 308 g/mol. The molecule has 1 nitrogen and oxygen atoms in total. The summed E-state index contributed by atoms with van der Waals surface area (Å²) in [6, 6.07) is 9.22. The van der Waals surface area contributed by atoms with E-state index in [1.54, 1.807) is 6.07 Å². The second kappa shape index (κ2) is 4.70. The molecule has 16 heavy (non-hydrogen) atoms. The average molecular weight is 316 g/mol. The summed E-state index contributed by atoms with van der Waals surface area (Å²) in [7, 11) is 0. The zero-order chi connectivity index (χ0) is 11.7. The number of thiophene rings is 1. The first-order valence-electron chi connectivity index (χ1n) is 4.65. The van der Waals surface area contributed by atoms with Gasteiger partial charge in [0.05, 0.1) is 9.21 Å². The van der Waals surface area contributed by atoms with E-state index in [9.17, 15) is 4.79 Å². The van der Waals surface area contributed by atoms with Crippen molar-refractivity contribution in [2.45, 2.75) is 6.92 Å². The van der Waals surface area contributed by atoms with Crippen molar-refractivity contribution < 1.29 is 4.79 Å². The summed E-state index contributed by atoms with van der Waals surface area (Å²) in [4.78, 5) is 12.8. The fraction of sp³-hybridized carbons (Fsp3) is 0.0833. The van der Waals surface area contributed by atoms with Crippen LogP contribution in [0.15, 0.2) is 34.8 Å². The third-order valence-electron chi connectivity index (χ3n) is 2.20. The second-order valence-corrected chi connectivity index (χ2v) is 5.88. The van der Waals surface area contributed by atoms with Crippen molar-refractivity contribution in [3.05, 3.63) is 55.1 Å². The number of carbonyl (C=O) groups excluding carboxylic acids is 1. The number of hydrogen-bond donors (Lipinski definition) is 0. The Balaban J connectivity index is 2.43. The van der Waals surface area contributed by atoms with E-state index in [1.807, 2.05) is 31.2 Å². The van der Waals surface area contributed by atoms with Gasteiger partial charge in [-0.05, 0) is 30.7 Å². The van der Waals surface area contributed by atoms with Crippen molar-refractivity contribution >= 4 is 44.7 Å². The summed E-state index contributed by atoms with van der Waals surface area (Å²) < 4.78 is 1.48. The minimum absolute atomic E-state index is 0.00692. The molecule has 0 unspecified atom stereocenters. The molecule has 82 valence electrons.